The highest BCUT2D eigenvalue weighted by atomic mass is 16.5. The predicted molar refractivity (Wildman–Crippen MR) is 130 cm³/mol. The molecule has 4 rings (SSSR count). The fraction of sp³-hybridized carbons (Fsp3) is 0.360. The maximum Gasteiger partial charge on any atom is 0.254 e. The Balaban J connectivity index is 0.000000352. The van der Waals surface area contributed by atoms with Crippen molar-refractivity contribution < 1.29 is 9.53 Å². The van der Waals surface area contributed by atoms with Crippen LogP contribution < -0.4 is 21.5 Å². The molecule has 2 heterocycles. The zero-order chi connectivity index (χ0) is 22.8. The number of amidine groups is 1. The first-order valence-corrected chi connectivity index (χ1v) is 11.1. The molecule has 2 aromatic carbocycles. The summed E-state index contributed by atoms with van der Waals surface area (Å²) in [7, 11) is 2.19. The zero-order valence-corrected chi connectivity index (χ0v) is 18.7. The smallest absolute Gasteiger partial charge is 0.254 e. The van der Waals surface area contributed by atoms with Crippen LogP contribution in [0.2, 0.25) is 0 Å². The van der Waals surface area contributed by atoms with Gasteiger partial charge in [0.25, 0.3) is 5.91 Å². The monoisotopic (exact) mass is 435 g/mol. The summed E-state index contributed by atoms with van der Waals surface area (Å²) in [5, 5.41) is 3.08. The number of carbonyl (C=O) groups excluding carboxylic acids is 1. The highest BCUT2D eigenvalue weighted by Gasteiger charge is 2.20. The first-order valence-electron chi connectivity index (χ1n) is 11.1. The van der Waals surface area contributed by atoms with E-state index in [1.165, 1.54) is 32.4 Å². The Labute approximate surface area is 190 Å². The van der Waals surface area contributed by atoms with E-state index in [0.29, 0.717) is 29.4 Å². The number of nitrogens with one attached hydrogen (secondary N) is 1. The number of benzene rings is 2. The van der Waals surface area contributed by atoms with Crippen LogP contribution in [0.15, 0.2) is 65.2 Å². The predicted octanol–water partition coefficient (Wildman–Crippen LogP) is 3.13. The van der Waals surface area contributed by atoms with Crippen molar-refractivity contribution in [1.29, 1.82) is 0 Å². The molecule has 0 atom stereocenters. The molecule has 2 aromatic rings. The van der Waals surface area contributed by atoms with Crippen LogP contribution in [0.4, 0.5) is 0 Å². The Kier molecular flexibility index (Phi) is 8.69. The van der Waals surface area contributed by atoms with Gasteiger partial charge in [-0.05, 0) is 81.4 Å². The number of carbonyl (C=O) groups is 1. The third kappa shape index (κ3) is 6.85. The lowest BCUT2D eigenvalue weighted by Crippen LogP contribution is -2.37. The lowest BCUT2D eigenvalue weighted by Gasteiger charge is -2.20. The normalized spacial score (nSPS) is 17.1. The van der Waals surface area contributed by atoms with Crippen LogP contribution in [0.5, 0.6) is 11.5 Å². The summed E-state index contributed by atoms with van der Waals surface area (Å²) in [4.78, 5) is 18.6. The summed E-state index contributed by atoms with van der Waals surface area (Å²) in [5.41, 5.74) is 12.9. The highest BCUT2D eigenvalue weighted by molar-refractivity contribution is 6.25. The van der Waals surface area contributed by atoms with Crippen LogP contribution in [0.3, 0.4) is 0 Å². The van der Waals surface area contributed by atoms with Crippen LogP contribution in [-0.4, -0.2) is 49.9 Å². The van der Waals surface area contributed by atoms with E-state index in [9.17, 15) is 4.79 Å². The van der Waals surface area contributed by atoms with Gasteiger partial charge < -0.3 is 26.4 Å². The van der Waals surface area contributed by atoms with Gasteiger partial charge in [-0.2, -0.15) is 0 Å². The summed E-state index contributed by atoms with van der Waals surface area (Å²) in [6.07, 6.45) is 5.19. The van der Waals surface area contributed by atoms with Crippen LogP contribution in [0, 0.1) is 0 Å². The summed E-state index contributed by atoms with van der Waals surface area (Å²) < 4.78 is 5.75. The van der Waals surface area contributed by atoms with E-state index >= 15 is 0 Å². The summed E-state index contributed by atoms with van der Waals surface area (Å²) in [6, 6.07) is 16.7. The lowest BCUT2D eigenvalue weighted by atomic mass is 10.0. The number of primary amides is 1. The minimum Gasteiger partial charge on any atom is -0.457 e. The van der Waals surface area contributed by atoms with E-state index in [4.69, 9.17) is 16.2 Å². The van der Waals surface area contributed by atoms with E-state index < -0.39 is 5.91 Å². The molecule has 0 aromatic heterocycles. The second-order valence-electron chi connectivity index (χ2n) is 7.97. The summed E-state index contributed by atoms with van der Waals surface area (Å²) >= 11 is 0. The molecular formula is C25H33N5O2. The molecule has 1 amide bonds. The maximum atomic E-state index is 11.9. The minimum atomic E-state index is -0.602. The van der Waals surface area contributed by atoms with Gasteiger partial charge in [-0.1, -0.05) is 24.6 Å². The molecule has 5 N–H and O–H groups in total. The van der Waals surface area contributed by atoms with E-state index in [2.05, 4.69) is 22.3 Å². The van der Waals surface area contributed by atoms with Crippen molar-refractivity contribution in [2.45, 2.75) is 25.7 Å². The Morgan fingerprint density at radius 3 is 2.12 bits per heavy atom. The molecule has 0 bridgehead atoms. The van der Waals surface area contributed by atoms with Gasteiger partial charge in [-0.25, -0.2) is 0 Å². The topological polar surface area (TPSA) is 106 Å². The number of nitrogens with zero attached hydrogens (tertiary/aromatic N) is 2. The number of likely N-dealkylation sites (tertiary alicyclic amines) is 1. The molecule has 7 nitrogen and oxygen atoms in total. The molecule has 170 valence electrons. The van der Waals surface area contributed by atoms with Crippen molar-refractivity contribution in [2.75, 3.05) is 33.2 Å². The van der Waals surface area contributed by atoms with Gasteiger partial charge >= 0.3 is 0 Å². The molecule has 2 aliphatic heterocycles. The molecule has 32 heavy (non-hydrogen) atoms. The molecule has 1 saturated heterocycles. The van der Waals surface area contributed by atoms with E-state index in [-0.39, 0.29) is 5.57 Å². The van der Waals surface area contributed by atoms with Crippen molar-refractivity contribution >= 4 is 17.4 Å². The Morgan fingerprint density at radius 1 is 0.938 bits per heavy atom. The molecule has 0 unspecified atom stereocenters. The van der Waals surface area contributed by atoms with Gasteiger partial charge in [0.2, 0.25) is 0 Å². The standard InChI is InChI=1S/C19H20N4O2.C6H13N/c20-17(16(18(21)24)19-22-11-4-12-23-19)13-7-9-15(10-8-13)25-14-5-2-1-3-6-14;1-7-5-3-2-4-6-7/h1-3,5-10H,4,11-12,20H2,(H2,21,24)(H,22,23);2-6H2,1H3/b17-16-;. The largest absolute Gasteiger partial charge is 0.457 e. The molecule has 0 spiro atoms. The molecule has 0 radical (unpaired) electrons. The SMILES string of the molecule is CN1CCCCC1.NC(=O)/C(C1=NCCCN1)=C(/N)c1ccc(Oc2ccccc2)cc1. The third-order valence-corrected chi connectivity index (χ3v) is 5.37. The molecule has 0 saturated carbocycles. The summed E-state index contributed by atoms with van der Waals surface area (Å²) in [5.74, 6) is 1.28. The number of rotatable bonds is 5. The minimum absolute atomic E-state index is 0.219. The van der Waals surface area contributed by atoms with Gasteiger partial charge in [0.15, 0.2) is 0 Å². The fourth-order valence-corrected chi connectivity index (χ4v) is 3.60. The number of hydrogen-bond acceptors (Lipinski definition) is 6. The van der Waals surface area contributed by atoms with Gasteiger partial charge in [-0.3, -0.25) is 9.79 Å². The van der Waals surface area contributed by atoms with Crippen molar-refractivity contribution in [2.24, 2.45) is 16.5 Å². The van der Waals surface area contributed by atoms with Crippen molar-refractivity contribution in [3.63, 3.8) is 0 Å². The first kappa shape index (κ1) is 23.3. The number of piperidine rings is 1. The second-order valence-corrected chi connectivity index (χ2v) is 7.97. The molecule has 0 aliphatic carbocycles. The van der Waals surface area contributed by atoms with Crippen molar-refractivity contribution in [1.82, 2.24) is 10.2 Å². The molecule has 2 aliphatic rings. The van der Waals surface area contributed by atoms with Gasteiger partial charge in [0.05, 0.1) is 5.70 Å². The molecular weight excluding hydrogens is 402 g/mol. The van der Waals surface area contributed by atoms with Crippen LogP contribution in [-0.2, 0) is 4.79 Å². The maximum absolute atomic E-state index is 11.9. The zero-order valence-electron chi connectivity index (χ0n) is 18.7. The van der Waals surface area contributed by atoms with E-state index in [1.54, 1.807) is 24.3 Å². The average Bonchev–Trinajstić information content (AvgIpc) is 2.82. The second kappa shape index (κ2) is 11.9. The highest BCUT2D eigenvalue weighted by Crippen LogP contribution is 2.23. The molecule has 1 fully saturated rings. The van der Waals surface area contributed by atoms with E-state index in [1.807, 2.05) is 30.3 Å². The number of nitrogens with two attached hydrogens (primary N) is 2. The van der Waals surface area contributed by atoms with Gasteiger partial charge in [0.1, 0.15) is 22.9 Å². The van der Waals surface area contributed by atoms with Crippen LogP contribution in [0.25, 0.3) is 5.70 Å². The Bertz CT molecular complexity index is 933. The first-order chi connectivity index (χ1) is 15.5. The van der Waals surface area contributed by atoms with E-state index in [0.717, 1.165) is 18.7 Å². The van der Waals surface area contributed by atoms with Gasteiger partial charge in [-0.15, -0.1) is 0 Å². The van der Waals surface area contributed by atoms with Crippen molar-refractivity contribution in [3.05, 3.63) is 65.7 Å². The average molecular weight is 436 g/mol. The number of ether oxygens (including phenoxy) is 1. The number of hydrogen-bond donors (Lipinski definition) is 3. The van der Waals surface area contributed by atoms with Crippen LogP contribution in [0.1, 0.15) is 31.2 Å². The van der Waals surface area contributed by atoms with Gasteiger partial charge in [0, 0.05) is 13.1 Å². The number of para-hydroxylation sites is 1. The lowest BCUT2D eigenvalue weighted by molar-refractivity contribution is -0.114. The fourth-order valence-electron chi connectivity index (χ4n) is 3.60. The number of aliphatic imine (C=N–C) groups is 1. The van der Waals surface area contributed by atoms with Crippen molar-refractivity contribution in [3.8, 4) is 11.5 Å². The Morgan fingerprint density at radius 2 is 1.59 bits per heavy atom. The number of amides is 1. The summed E-state index contributed by atoms with van der Waals surface area (Å²) in [6.45, 7) is 4.03. The Hall–Kier alpha value is -3.32. The quantitative estimate of drug-likeness (QED) is 0.626. The molecule has 7 heteroatoms. The third-order valence-electron chi connectivity index (χ3n) is 5.37. The van der Waals surface area contributed by atoms with Crippen LogP contribution >= 0.6 is 0 Å².